The summed E-state index contributed by atoms with van der Waals surface area (Å²) in [5, 5.41) is 3.65. The summed E-state index contributed by atoms with van der Waals surface area (Å²) in [5.41, 5.74) is 3.12. The van der Waals surface area contributed by atoms with Crippen LogP contribution in [0.3, 0.4) is 0 Å². The monoisotopic (exact) mass is 569 g/mol. The second-order valence-corrected chi connectivity index (χ2v) is 12.0. The highest BCUT2D eigenvalue weighted by molar-refractivity contribution is 7.92. The van der Waals surface area contributed by atoms with E-state index in [0.717, 1.165) is 35.8 Å². The molecule has 0 aliphatic rings. The van der Waals surface area contributed by atoms with E-state index in [-0.39, 0.29) is 31.3 Å². The molecule has 0 aromatic heterocycles. The highest BCUT2D eigenvalue weighted by atomic mass is 35.5. The number of hydrogen-bond donors (Lipinski definition) is 1. The molecule has 2 amide bonds. The molecule has 2 aromatic rings. The van der Waals surface area contributed by atoms with Gasteiger partial charge in [0.15, 0.2) is 0 Å². The van der Waals surface area contributed by atoms with Crippen molar-refractivity contribution in [2.75, 3.05) is 23.7 Å². The van der Waals surface area contributed by atoms with Crippen LogP contribution in [0.25, 0.3) is 0 Å². The number of rotatable bonds is 13. The number of halogens is 2. The van der Waals surface area contributed by atoms with Crippen molar-refractivity contribution in [2.45, 2.75) is 66.0 Å². The first-order valence-corrected chi connectivity index (χ1v) is 15.0. The van der Waals surface area contributed by atoms with Gasteiger partial charge >= 0.3 is 0 Å². The van der Waals surface area contributed by atoms with Crippen LogP contribution in [0.15, 0.2) is 36.4 Å². The van der Waals surface area contributed by atoms with Gasteiger partial charge in [0.25, 0.3) is 0 Å². The van der Waals surface area contributed by atoms with Crippen LogP contribution in [0, 0.1) is 13.8 Å². The average Bonchev–Trinajstić information content (AvgIpc) is 2.83. The molecule has 7 nitrogen and oxygen atoms in total. The zero-order valence-electron chi connectivity index (χ0n) is 22.2. The summed E-state index contributed by atoms with van der Waals surface area (Å²) in [5.74, 6) is -0.492. The molecule has 0 aliphatic carbocycles. The fraction of sp³-hybridized carbons (Fsp3) is 0.481. The van der Waals surface area contributed by atoms with E-state index in [4.69, 9.17) is 23.2 Å². The quantitative estimate of drug-likeness (QED) is 0.323. The number of benzene rings is 2. The number of sulfonamides is 1. The number of nitrogens with one attached hydrogen (secondary N) is 1. The molecule has 1 N–H and O–H groups in total. The predicted octanol–water partition coefficient (Wildman–Crippen LogP) is 5.49. The normalized spacial score (nSPS) is 12.2. The summed E-state index contributed by atoms with van der Waals surface area (Å²) in [7, 11) is -3.56. The molecule has 2 aromatic carbocycles. The number of carbonyl (C=O) groups excluding carboxylic acids is 2. The van der Waals surface area contributed by atoms with Gasteiger partial charge in [-0.15, -0.1) is 0 Å². The molecule has 0 fully saturated rings. The average molecular weight is 571 g/mol. The standard InChI is InChI=1S/C27H37Cl2N3O4S/c1-6-7-14-30-27(34)21(4)31(18-22-12-13-23(28)24(29)17-22)26(33)9-8-15-32(37(5,35)36)25-16-19(2)10-11-20(25)3/h10-13,16-17,21H,6-9,14-15,18H2,1-5H3,(H,30,34)/t21-/m0/s1. The second-order valence-electron chi connectivity index (χ2n) is 9.32. The lowest BCUT2D eigenvalue weighted by Crippen LogP contribution is -2.48. The van der Waals surface area contributed by atoms with Crippen molar-refractivity contribution < 1.29 is 18.0 Å². The van der Waals surface area contributed by atoms with E-state index in [0.29, 0.717) is 28.7 Å². The van der Waals surface area contributed by atoms with E-state index in [1.54, 1.807) is 25.1 Å². The fourth-order valence-electron chi connectivity index (χ4n) is 3.92. The first-order valence-electron chi connectivity index (χ1n) is 12.4. The van der Waals surface area contributed by atoms with Crippen LogP contribution in [-0.4, -0.2) is 50.5 Å². The maximum Gasteiger partial charge on any atom is 0.242 e. The Bertz CT molecular complexity index is 1200. The lowest BCUT2D eigenvalue weighted by molar-refractivity contribution is -0.140. The van der Waals surface area contributed by atoms with Crippen LogP contribution in [0.4, 0.5) is 5.69 Å². The smallest absolute Gasteiger partial charge is 0.242 e. The van der Waals surface area contributed by atoms with Crippen LogP contribution in [0.2, 0.25) is 10.0 Å². The Morgan fingerprint density at radius 1 is 1.03 bits per heavy atom. The Morgan fingerprint density at radius 2 is 1.73 bits per heavy atom. The van der Waals surface area contributed by atoms with Gasteiger partial charge in [0.05, 0.1) is 22.0 Å². The van der Waals surface area contributed by atoms with Gasteiger partial charge in [0, 0.05) is 26.1 Å². The summed E-state index contributed by atoms with van der Waals surface area (Å²) in [4.78, 5) is 27.7. The highest BCUT2D eigenvalue weighted by Gasteiger charge is 2.27. The summed E-state index contributed by atoms with van der Waals surface area (Å²) >= 11 is 12.2. The Labute approximate surface area is 231 Å². The summed E-state index contributed by atoms with van der Waals surface area (Å²) in [6.07, 6.45) is 3.32. The zero-order chi connectivity index (χ0) is 27.8. The molecule has 10 heteroatoms. The van der Waals surface area contributed by atoms with Crippen LogP contribution in [0.5, 0.6) is 0 Å². The SMILES string of the molecule is CCCCNC(=O)[C@H](C)N(Cc1ccc(Cl)c(Cl)c1)C(=O)CCCN(c1cc(C)ccc1C)S(C)(=O)=O. The number of nitrogens with zero attached hydrogens (tertiary/aromatic N) is 2. The zero-order valence-corrected chi connectivity index (χ0v) is 24.5. The number of amides is 2. The molecule has 0 aliphatic heterocycles. The molecule has 0 radical (unpaired) electrons. The van der Waals surface area contributed by atoms with Crippen molar-refractivity contribution in [3.8, 4) is 0 Å². The lowest BCUT2D eigenvalue weighted by Gasteiger charge is -2.30. The molecule has 204 valence electrons. The van der Waals surface area contributed by atoms with Crippen molar-refractivity contribution in [1.29, 1.82) is 0 Å². The van der Waals surface area contributed by atoms with E-state index >= 15 is 0 Å². The van der Waals surface area contributed by atoms with E-state index in [1.165, 1.54) is 9.21 Å². The minimum Gasteiger partial charge on any atom is -0.354 e. The number of carbonyl (C=O) groups is 2. The molecule has 0 saturated heterocycles. The Kier molecular flexibility index (Phi) is 11.7. The van der Waals surface area contributed by atoms with Gasteiger partial charge in [0.2, 0.25) is 21.8 Å². The summed E-state index contributed by atoms with van der Waals surface area (Å²) < 4.78 is 26.5. The van der Waals surface area contributed by atoms with Gasteiger partial charge in [-0.3, -0.25) is 13.9 Å². The lowest BCUT2D eigenvalue weighted by atomic mass is 10.1. The Hall–Kier alpha value is -2.29. The number of aryl methyl sites for hydroxylation is 2. The minimum absolute atomic E-state index is 0.0742. The number of hydrogen-bond acceptors (Lipinski definition) is 4. The molecule has 37 heavy (non-hydrogen) atoms. The van der Waals surface area contributed by atoms with Crippen molar-refractivity contribution >= 4 is 50.7 Å². The van der Waals surface area contributed by atoms with Gasteiger partial charge in [-0.2, -0.15) is 0 Å². The maximum absolute atomic E-state index is 13.4. The van der Waals surface area contributed by atoms with Gasteiger partial charge in [0.1, 0.15) is 6.04 Å². The Balaban J connectivity index is 2.21. The molecule has 1 atom stereocenters. The van der Waals surface area contributed by atoms with Crippen molar-refractivity contribution in [2.24, 2.45) is 0 Å². The highest BCUT2D eigenvalue weighted by Crippen LogP contribution is 2.26. The molecule has 0 saturated carbocycles. The van der Waals surface area contributed by atoms with Crippen molar-refractivity contribution in [3.05, 3.63) is 63.1 Å². The van der Waals surface area contributed by atoms with Crippen LogP contribution in [0.1, 0.15) is 56.2 Å². The van der Waals surface area contributed by atoms with E-state index in [2.05, 4.69) is 5.32 Å². The number of unbranched alkanes of at least 4 members (excludes halogenated alkanes) is 1. The number of anilines is 1. The van der Waals surface area contributed by atoms with Crippen molar-refractivity contribution in [1.82, 2.24) is 10.2 Å². The maximum atomic E-state index is 13.4. The van der Waals surface area contributed by atoms with Crippen molar-refractivity contribution in [3.63, 3.8) is 0 Å². The first kappa shape index (κ1) is 30.9. The molecule has 2 rings (SSSR count). The second kappa shape index (κ2) is 14.0. The van der Waals surface area contributed by atoms with Crippen LogP contribution in [-0.2, 0) is 26.2 Å². The topological polar surface area (TPSA) is 86.8 Å². The van der Waals surface area contributed by atoms with Crippen LogP contribution < -0.4 is 9.62 Å². The first-order chi connectivity index (χ1) is 17.3. The van der Waals surface area contributed by atoms with Gasteiger partial charge in [-0.1, -0.05) is 54.7 Å². The fourth-order valence-corrected chi connectivity index (χ4v) is 5.26. The van der Waals surface area contributed by atoms with E-state index in [9.17, 15) is 18.0 Å². The summed E-state index contributed by atoms with van der Waals surface area (Å²) in [6, 6.07) is 10.0. The third-order valence-corrected chi connectivity index (χ3v) is 8.04. The largest absolute Gasteiger partial charge is 0.354 e. The van der Waals surface area contributed by atoms with E-state index < -0.39 is 16.1 Å². The van der Waals surface area contributed by atoms with Gasteiger partial charge < -0.3 is 10.2 Å². The third kappa shape index (κ3) is 9.20. The molecule has 0 bridgehead atoms. The molecule has 0 spiro atoms. The predicted molar refractivity (Wildman–Crippen MR) is 152 cm³/mol. The van der Waals surface area contributed by atoms with E-state index in [1.807, 2.05) is 39.0 Å². The molecular formula is C27H37Cl2N3O4S. The van der Waals surface area contributed by atoms with Gasteiger partial charge in [-0.05, 0) is 68.5 Å². The summed E-state index contributed by atoms with van der Waals surface area (Å²) in [6.45, 7) is 8.34. The van der Waals surface area contributed by atoms with Crippen LogP contribution >= 0.6 is 23.2 Å². The molecule has 0 heterocycles. The minimum atomic E-state index is -3.56. The third-order valence-electron chi connectivity index (χ3n) is 6.12. The molecule has 0 unspecified atom stereocenters. The van der Waals surface area contributed by atoms with Gasteiger partial charge in [-0.25, -0.2) is 8.42 Å². The Morgan fingerprint density at radius 3 is 2.35 bits per heavy atom. The molecular weight excluding hydrogens is 533 g/mol.